The molecule has 2 unspecified atom stereocenters. The fourth-order valence-corrected chi connectivity index (χ4v) is 3.99. The van der Waals surface area contributed by atoms with Gasteiger partial charge in [-0.2, -0.15) is 5.10 Å². The fourth-order valence-electron chi connectivity index (χ4n) is 3.99. The number of nitrogens with one attached hydrogen (secondary N) is 1. The Hall–Kier alpha value is -3.73. The molecule has 1 N–H and O–H groups in total. The van der Waals surface area contributed by atoms with Crippen LogP contribution in [0.1, 0.15) is 24.5 Å². The zero-order chi connectivity index (χ0) is 20.6. The molecule has 1 heterocycles. The fraction of sp³-hybridized carbons (Fsp3) is 0.160. The van der Waals surface area contributed by atoms with Crippen molar-refractivity contribution in [2.45, 2.75) is 18.8 Å². The lowest BCUT2D eigenvalue weighted by Gasteiger charge is -2.12. The lowest BCUT2D eigenvalue weighted by molar-refractivity contribution is -0.122. The van der Waals surface area contributed by atoms with Gasteiger partial charge in [-0.1, -0.05) is 67.6 Å². The summed E-state index contributed by atoms with van der Waals surface area (Å²) in [6.07, 6.45) is 3.82. The summed E-state index contributed by atoms with van der Waals surface area (Å²) in [5.41, 5.74) is 8.27. The lowest BCUT2D eigenvalue weighted by Crippen LogP contribution is -2.23. The highest BCUT2D eigenvalue weighted by molar-refractivity contribution is 5.95. The van der Waals surface area contributed by atoms with Crippen molar-refractivity contribution < 1.29 is 9.21 Å². The third kappa shape index (κ3) is 3.28. The van der Waals surface area contributed by atoms with Crippen LogP contribution >= 0.6 is 0 Å². The third-order valence-corrected chi connectivity index (χ3v) is 5.97. The second-order valence-electron chi connectivity index (χ2n) is 7.90. The smallest absolute Gasteiger partial charge is 0.244 e. The number of fused-ring (bicyclic) bond motifs is 1. The quantitative estimate of drug-likeness (QED) is 0.385. The first-order chi connectivity index (χ1) is 14.6. The number of carbonyl (C=O) groups is 1. The van der Waals surface area contributed by atoms with Crippen molar-refractivity contribution in [1.29, 1.82) is 0 Å². The van der Waals surface area contributed by atoms with E-state index >= 15 is 0 Å². The average Bonchev–Trinajstić information content (AvgIpc) is 3.25. The standard InChI is InChI=1S/C25H21N3O2/c1-25(20-12-10-18(11-13-20)17-6-3-2-4-7-17)14-21(25)24(29)28-27-15-19-8-5-9-22-23(19)30-16-26-22/h2-13,15-16,21H,14H2,1H3,(H,28,29)/b27-15+. The Morgan fingerprint density at radius 1 is 1.07 bits per heavy atom. The molecule has 1 amide bonds. The number of amides is 1. The number of carbonyl (C=O) groups excluding carboxylic acids is 1. The molecule has 1 aromatic heterocycles. The number of rotatable bonds is 5. The molecule has 5 nitrogen and oxygen atoms in total. The number of oxazole rings is 1. The number of aromatic nitrogens is 1. The van der Waals surface area contributed by atoms with E-state index in [9.17, 15) is 4.79 Å². The summed E-state index contributed by atoms with van der Waals surface area (Å²) in [4.78, 5) is 16.7. The SMILES string of the molecule is CC1(c2ccc(-c3ccccc3)cc2)CC1C(=O)N/N=C/c1cccc2ncoc12. The van der Waals surface area contributed by atoms with E-state index in [0.717, 1.165) is 17.5 Å². The van der Waals surface area contributed by atoms with Gasteiger partial charge in [0.25, 0.3) is 0 Å². The molecule has 5 heteroatoms. The minimum absolute atomic E-state index is 0.0642. The largest absolute Gasteiger partial charge is 0.443 e. The summed E-state index contributed by atoms with van der Waals surface area (Å²) in [7, 11) is 0. The first kappa shape index (κ1) is 18.3. The summed E-state index contributed by atoms with van der Waals surface area (Å²) >= 11 is 0. The first-order valence-electron chi connectivity index (χ1n) is 9.96. The third-order valence-electron chi connectivity index (χ3n) is 5.97. The molecular weight excluding hydrogens is 374 g/mol. The average molecular weight is 395 g/mol. The van der Waals surface area contributed by atoms with Crippen molar-refractivity contribution in [3.8, 4) is 11.1 Å². The van der Waals surface area contributed by atoms with Crippen LogP contribution in [0.25, 0.3) is 22.2 Å². The summed E-state index contributed by atoms with van der Waals surface area (Å²) in [6.45, 7) is 2.13. The van der Waals surface area contributed by atoms with Crippen LogP contribution < -0.4 is 5.43 Å². The molecule has 5 rings (SSSR count). The van der Waals surface area contributed by atoms with E-state index in [1.165, 1.54) is 23.1 Å². The molecule has 0 spiro atoms. The highest BCUT2D eigenvalue weighted by Crippen LogP contribution is 2.54. The summed E-state index contributed by atoms with van der Waals surface area (Å²) in [5.74, 6) is -0.149. The first-order valence-corrected chi connectivity index (χ1v) is 9.96. The van der Waals surface area contributed by atoms with Crippen molar-refractivity contribution in [2.24, 2.45) is 11.0 Å². The van der Waals surface area contributed by atoms with Gasteiger partial charge in [-0.05, 0) is 35.2 Å². The second-order valence-corrected chi connectivity index (χ2v) is 7.90. The van der Waals surface area contributed by atoms with E-state index < -0.39 is 0 Å². The van der Waals surface area contributed by atoms with Crippen molar-refractivity contribution >= 4 is 23.2 Å². The molecule has 0 bridgehead atoms. The lowest BCUT2D eigenvalue weighted by atomic mass is 9.93. The highest BCUT2D eigenvalue weighted by Gasteiger charge is 2.55. The van der Waals surface area contributed by atoms with Crippen LogP contribution in [0.15, 0.2) is 88.7 Å². The summed E-state index contributed by atoms with van der Waals surface area (Å²) < 4.78 is 5.38. The number of hydrogen-bond acceptors (Lipinski definition) is 4. The van der Waals surface area contributed by atoms with Crippen LogP contribution in [0.4, 0.5) is 0 Å². The Labute approximate surface area is 174 Å². The van der Waals surface area contributed by atoms with Crippen LogP contribution in [0.3, 0.4) is 0 Å². The predicted octanol–water partition coefficient (Wildman–Crippen LogP) is 4.92. The topological polar surface area (TPSA) is 67.5 Å². The number of nitrogens with zero attached hydrogens (tertiary/aromatic N) is 2. The van der Waals surface area contributed by atoms with Gasteiger partial charge in [-0.3, -0.25) is 4.79 Å². The maximum Gasteiger partial charge on any atom is 0.244 e. The molecule has 0 radical (unpaired) electrons. The van der Waals surface area contributed by atoms with Crippen LogP contribution in [-0.4, -0.2) is 17.1 Å². The highest BCUT2D eigenvalue weighted by atomic mass is 16.3. The molecule has 3 aromatic carbocycles. The van der Waals surface area contributed by atoms with Crippen LogP contribution in [0, 0.1) is 5.92 Å². The van der Waals surface area contributed by atoms with E-state index in [2.05, 4.69) is 58.8 Å². The van der Waals surface area contributed by atoms with Gasteiger partial charge in [0.15, 0.2) is 12.0 Å². The Bertz CT molecular complexity index is 1230. The van der Waals surface area contributed by atoms with E-state index in [1.54, 1.807) is 6.21 Å². The van der Waals surface area contributed by atoms with E-state index in [-0.39, 0.29) is 17.2 Å². The molecule has 148 valence electrons. The van der Waals surface area contributed by atoms with Gasteiger partial charge in [0.05, 0.1) is 12.1 Å². The molecule has 1 saturated carbocycles. The Morgan fingerprint density at radius 2 is 1.83 bits per heavy atom. The van der Waals surface area contributed by atoms with Crippen molar-refractivity contribution in [1.82, 2.24) is 10.4 Å². The monoisotopic (exact) mass is 395 g/mol. The minimum atomic E-state index is -0.153. The molecule has 30 heavy (non-hydrogen) atoms. The zero-order valence-electron chi connectivity index (χ0n) is 16.6. The van der Waals surface area contributed by atoms with Gasteiger partial charge >= 0.3 is 0 Å². The normalized spacial score (nSPS) is 20.5. The van der Waals surface area contributed by atoms with Gasteiger partial charge in [0.2, 0.25) is 5.91 Å². The van der Waals surface area contributed by atoms with Crippen molar-refractivity contribution in [2.75, 3.05) is 0 Å². The van der Waals surface area contributed by atoms with Gasteiger partial charge < -0.3 is 4.42 Å². The maximum atomic E-state index is 12.6. The van der Waals surface area contributed by atoms with Crippen molar-refractivity contribution in [3.05, 3.63) is 90.3 Å². The molecule has 4 aromatic rings. The second kappa shape index (κ2) is 7.26. The van der Waals surface area contributed by atoms with E-state index in [1.807, 2.05) is 36.4 Å². The maximum absolute atomic E-state index is 12.6. The van der Waals surface area contributed by atoms with Crippen LogP contribution in [0.2, 0.25) is 0 Å². The van der Waals surface area contributed by atoms with Gasteiger partial charge in [0, 0.05) is 11.0 Å². The molecule has 2 atom stereocenters. The Morgan fingerprint density at radius 3 is 2.63 bits per heavy atom. The predicted molar refractivity (Wildman–Crippen MR) is 117 cm³/mol. The minimum Gasteiger partial charge on any atom is -0.443 e. The zero-order valence-corrected chi connectivity index (χ0v) is 16.6. The van der Waals surface area contributed by atoms with Gasteiger partial charge in [0.1, 0.15) is 5.52 Å². The molecule has 1 aliphatic carbocycles. The van der Waals surface area contributed by atoms with E-state index in [4.69, 9.17) is 4.42 Å². The molecule has 0 aliphatic heterocycles. The van der Waals surface area contributed by atoms with Crippen LogP contribution in [-0.2, 0) is 10.2 Å². The summed E-state index contributed by atoms with van der Waals surface area (Å²) in [6, 6.07) is 24.4. The number of benzene rings is 3. The summed E-state index contributed by atoms with van der Waals surface area (Å²) in [5, 5.41) is 4.13. The van der Waals surface area contributed by atoms with Crippen LogP contribution in [0.5, 0.6) is 0 Å². The number of hydrogen-bond donors (Lipinski definition) is 1. The van der Waals surface area contributed by atoms with E-state index in [0.29, 0.717) is 5.58 Å². The van der Waals surface area contributed by atoms with Crippen molar-refractivity contribution in [3.63, 3.8) is 0 Å². The molecule has 0 saturated heterocycles. The Kier molecular flexibility index (Phi) is 4.43. The number of para-hydroxylation sites is 1. The number of hydrazone groups is 1. The molecule has 1 aliphatic rings. The van der Waals surface area contributed by atoms with Gasteiger partial charge in [-0.25, -0.2) is 10.4 Å². The Balaban J connectivity index is 1.25. The van der Waals surface area contributed by atoms with Gasteiger partial charge in [-0.15, -0.1) is 0 Å². The molecule has 1 fully saturated rings. The molecular formula is C25H21N3O2.